The van der Waals surface area contributed by atoms with E-state index in [0.29, 0.717) is 5.92 Å². The second-order valence-corrected chi connectivity index (χ2v) is 6.40. The first-order valence-corrected chi connectivity index (χ1v) is 7.89. The zero-order valence-corrected chi connectivity index (χ0v) is 12.2. The molecule has 4 heterocycles. The minimum absolute atomic E-state index is 0.524. The zero-order valence-electron chi connectivity index (χ0n) is 12.2. The maximum absolute atomic E-state index is 5.74. The molecule has 3 heteroatoms. The van der Waals surface area contributed by atoms with Crippen LogP contribution in [0.25, 0.3) is 10.9 Å². The molecular weight excluding hydrogens is 246 g/mol. The fraction of sp³-hybridized carbons (Fsp3) is 0.529. The smallest absolute Gasteiger partial charge is 0.110 e. The molecule has 3 aliphatic rings. The van der Waals surface area contributed by atoms with E-state index < -0.39 is 0 Å². The second-order valence-electron chi connectivity index (χ2n) is 6.40. The van der Waals surface area contributed by atoms with E-state index in [-0.39, 0.29) is 0 Å². The lowest BCUT2D eigenvalue weighted by molar-refractivity contribution is 0.475. The first-order chi connectivity index (χ1) is 9.79. The predicted octanol–water partition coefficient (Wildman–Crippen LogP) is 3.32. The minimum Gasteiger partial charge on any atom is -0.358 e. The van der Waals surface area contributed by atoms with Crippen molar-refractivity contribution in [2.24, 2.45) is 5.73 Å². The topological polar surface area (TPSA) is 45.1 Å². The first-order valence-electron chi connectivity index (χ1n) is 7.89. The average Bonchev–Trinajstić information content (AvgIpc) is 2.90. The number of anilines is 1. The van der Waals surface area contributed by atoms with Gasteiger partial charge in [0, 0.05) is 24.0 Å². The van der Waals surface area contributed by atoms with E-state index in [1.165, 1.54) is 48.2 Å². The van der Waals surface area contributed by atoms with Gasteiger partial charge in [-0.1, -0.05) is 25.1 Å². The highest BCUT2D eigenvalue weighted by atomic mass is 15.2. The quantitative estimate of drug-likeness (QED) is 0.898. The number of fused-ring (bicyclic) bond motifs is 3. The summed E-state index contributed by atoms with van der Waals surface area (Å²) >= 11 is 0. The van der Waals surface area contributed by atoms with Gasteiger partial charge in [0.15, 0.2) is 0 Å². The normalized spacial score (nSPS) is 19.6. The van der Waals surface area contributed by atoms with Crippen LogP contribution < -0.4 is 10.6 Å². The van der Waals surface area contributed by atoms with E-state index in [9.17, 15) is 0 Å². The van der Waals surface area contributed by atoms with Crippen LogP contribution in [0.15, 0.2) is 18.2 Å². The molecule has 1 aromatic carbocycles. The highest BCUT2D eigenvalue weighted by Crippen LogP contribution is 2.46. The maximum atomic E-state index is 5.74. The molecule has 1 unspecified atom stereocenters. The van der Waals surface area contributed by atoms with Gasteiger partial charge in [0.2, 0.25) is 0 Å². The van der Waals surface area contributed by atoms with Gasteiger partial charge in [-0.15, -0.1) is 0 Å². The molecule has 3 N–H and O–H groups in total. The van der Waals surface area contributed by atoms with Crippen molar-refractivity contribution in [1.82, 2.24) is 4.98 Å². The van der Waals surface area contributed by atoms with Gasteiger partial charge in [-0.05, 0) is 43.2 Å². The summed E-state index contributed by atoms with van der Waals surface area (Å²) in [4.78, 5) is 6.27. The molecule has 1 fully saturated rings. The van der Waals surface area contributed by atoms with Crippen LogP contribution >= 0.6 is 0 Å². The number of para-hydroxylation sites is 1. The predicted molar refractivity (Wildman–Crippen MR) is 84.6 cm³/mol. The Morgan fingerprint density at radius 2 is 2.15 bits per heavy atom. The molecule has 2 aromatic rings. The van der Waals surface area contributed by atoms with Crippen molar-refractivity contribution < 1.29 is 0 Å². The van der Waals surface area contributed by atoms with E-state index in [0.717, 1.165) is 18.9 Å². The summed E-state index contributed by atoms with van der Waals surface area (Å²) in [5.41, 5.74) is 10.1. The third-order valence-electron chi connectivity index (χ3n) is 5.24. The highest BCUT2D eigenvalue weighted by molar-refractivity contribution is 5.93. The lowest BCUT2D eigenvalue weighted by Gasteiger charge is -2.40. The largest absolute Gasteiger partial charge is 0.358 e. The van der Waals surface area contributed by atoms with Crippen LogP contribution in [-0.2, 0) is 0 Å². The van der Waals surface area contributed by atoms with Crippen molar-refractivity contribution in [1.29, 1.82) is 0 Å². The summed E-state index contributed by atoms with van der Waals surface area (Å²) in [7, 11) is 0. The summed E-state index contributed by atoms with van der Waals surface area (Å²) in [6.45, 7) is 5.49. The molecule has 0 radical (unpaired) electrons. The number of hydrogen-bond acceptors (Lipinski definition) is 2. The van der Waals surface area contributed by atoms with Crippen molar-refractivity contribution in [3.63, 3.8) is 0 Å². The maximum Gasteiger partial charge on any atom is 0.110 e. The van der Waals surface area contributed by atoms with Gasteiger partial charge >= 0.3 is 0 Å². The molecule has 3 nitrogen and oxygen atoms in total. The molecule has 1 atom stereocenters. The van der Waals surface area contributed by atoms with Gasteiger partial charge in [0.05, 0.1) is 5.52 Å². The number of H-pyrrole nitrogens is 1. The summed E-state index contributed by atoms with van der Waals surface area (Å²) in [6, 6.07) is 6.78. The molecule has 5 rings (SSSR count). The Bertz CT molecular complexity index is 635. The van der Waals surface area contributed by atoms with E-state index in [1.807, 2.05) is 0 Å². The molecule has 0 amide bonds. The van der Waals surface area contributed by atoms with Crippen LogP contribution in [0.4, 0.5) is 5.82 Å². The zero-order chi connectivity index (χ0) is 13.7. The van der Waals surface area contributed by atoms with Gasteiger partial charge in [0.25, 0.3) is 0 Å². The number of aromatic amines is 1. The summed E-state index contributed by atoms with van der Waals surface area (Å²) in [6.07, 6.45) is 3.70. The minimum atomic E-state index is 0.524. The molecule has 2 bridgehead atoms. The Labute approximate surface area is 120 Å². The monoisotopic (exact) mass is 269 g/mol. The van der Waals surface area contributed by atoms with Crippen LogP contribution in [0.1, 0.15) is 49.1 Å². The molecule has 106 valence electrons. The van der Waals surface area contributed by atoms with E-state index in [1.54, 1.807) is 5.56 Å². The van der Waals surface area contributed by atoms with Crippen LogP contribution in [0.5, 0.6) is 0 Å². The molecule has 0 spiro atoms. The fourth-order valence-corrected chi connectivity index (χ4v) is 4.12. The number of hydrogen-bond donors (Lipinski definition) is 2. The number of rotatable bonds is 3. The number of nitrogens with zero attached hydrogens (tertiary/aromatic N) is 1. The van der Waals surface area contributed by atoms with Crippen LogP contribution in [-0.4, -0.2) is 24.6 Å². The van der Waals surface area contributed by atoms with E-state index in [2.05, 4.69) is 35.0 Å². The first kappa shape index (κ1) is 12.3. The summed E-state index contributed by atoms with van der Waals surface area (Å²) in [5, 5.41) is 1.45. The Kier molecular flexibility index (Phi) is 2.77. The molecule has 1 saturated heterocycles. The average molecular weight is 269 g/mol. The molecule has 20 heavy (non-hydrogen) atoms. The Balaban J connectivity index is 1.91. The lowest BCUT2D eigenvalue weighted by Crippen LogP contribution is -2.38. The highest BCUT2D eigenvalue weighted by Gasteiger charge is 2.34. The SMILES string of the molecule is CC(CCN)c1cccc2c3c([nH]c12)N1CCC3CC1. The van der Waals surface area contributed by atoms with Crippen LogP contribution in [0.3, 0.4) is 0 Å². The molecular formula is C17H23N3. The third kappa shape index (κ3) is 1.62. The number of nitrogens with two attached hydrogens (primary N) is 1. The number of nitrogens with one attached hydrogen (secondary N) is 1. The van der Waals surface area contributed by atoms with Crippen LogP contribution in [0, 0.1) is 0 Å². The van der Waals surface area contributed by atoms with Crippen molar-refractivity contribution in [2.45, 2.75) is 38.0 Å². The Morgan fingerprint density at radius 1 is 1.35 bits per heavy atom. The fourth-order valence-electron chi connectivity index (χ4n) is 4.12. The lowest BCUT2D eigenvalue weighted by atomic mass is 9.83. The van der Waals surface area contributed by atoms with Crippen molar-refractivity contribution >= 4 is 16.7 Å². The molecule has 3 aliphatic heterocycles. The Morgan fingerprint density at radius 3 is 2.90 bits per heavy atom. The van der Waals surface area contributed by atoms with Gasteiger partial charge in [-0.2, -0.15) is 0 Å². The molecule has 0 aliphatic carbocycles. The van der Waals surface area contributed by atoms with Gasteiger partial charge < -0.3 is 15.6 Å². The summed E-state index contributed by atoms with van der Waals surface area (Å²) < 4.78 is 0. The van der Waals surface area contributed by atoms with E-state index in [4.69, 9.17) is 5.73 Å². The van der Waals surface area contributed by atoms with E-state index >= 15 is 0 Å². The van der Waals surface area contributed by atoms with Gasteiger partial charge in [0.1, 0.15) is 5.82 Å². The standard InChI is InChI=1S/C17H23N3/c1-11(5-8-18)13-3-2-4-14-15-12-6-9-20(10-7-12)17(15)19-16(13)14/h2-4,11-12,19H,5-10,18H2,1H3. The number of piperidine rings is 1. The van der Waals surface area contributed by atoms with Crippen molar-refractivity contribution in [3.8, 4) is 0 Å². The Hall–Kier alpha value is -1.48. The molecule has 0 saturated carbocycles. The van der Waals surface area contributed by atoms with Crippen molar-refractivity contribution in [3.05, 3.63) is 29.3 Å². The van der Waals surface area contributed by atoms with Gasteiger partial charge in [-0.3, -0.25) is 0 Å². The number of aromatic nitrogens is 1. The summed E-state index contributed by atoms with van der Waals surface area (Å²) in [5.74, 6) is 2.69. The molecule has 1 aromatic heterocycles. The van der Waals surface area contributed by atoms with Crippen LogP contribution in [0.2, 0.25) is 0 Å². The number of benzene rings is 1. The second kappa shape index (κ2) is 4.52. The van der Waals surface area contributed by atoms with Crippen molar-refractivity contribution in [2.75, 3.05) is 24.5 Å². The third-order valence-corrected chi connectivity index (χ3v) is 5.24. The van der Waals surface area contributed by atoms with Gasteiger partial charge in [-0.25, -0.2) is 0 Å².